The summed E-state index contributed by atoms with van der Waals surface area (Å²) in [6, 6.07) is 15.2. The van der Waals surface area contributed by atoms with Gasteiger partial charge in [-0.25, -0.2) is 9.59 Å². The molecule has 2 aromatic carbocycles. The highest BCUT2D eigenvalue weighted by Gasteiger charge is 2.14. The van der Waals surface area contributed by atoms with Crippen LogP contribution in [0.15, 0.2) is 54.6 Å². The third kappa shape index (κ3) is 5.29. The van der Waals surface area contributed by atoms with Crippen LogP contribution in [0, 0.1) is 6.92 Å². The minimum Gasteiger partial charge on any atom is -0.446 e. The summed E-state index contributed by atoms with van der Waals surface area (Å²) in [5, 5.41) is 15.3. The molecule has 0 atom stereocenters. The van der Waals surface area contributed by atoms with Crippen molar-refractivity contribution < 1.29 is 19.5 Å². The second-order valence-electron chi connectivity index (χ2n) is 5.01. The van der Waals surface area contributed by atoms with Crippen molar-refractivity contribution in [2.75, 3.05) is 23.5 Å². The van der Waals surface area contributed by atoms with E-state index in [2.05, 4.69) is 10.6 Å². The highest BCUT2D eigenvalue weighted by molar-refractivity contribution is 5.89. The molecule has 7 nitrogen and oxygen atoms in total. The van der Waals surface area contributed by atoms with Gasteiger partial charge in [0, 0.05) is 5.69 Å². The van der Waals surface area contributed by atoms with Gasteiger partial charge in [-0.15, -0.1) is 0 Å². The normalized spacial score (nSPS) is 9.92. The lowest BCUT2D eigenvalue weighted by Crippen LogP contribution is -2.34. The van der Waals surface area contributed by atoms with E-state index in [0.29, 0.717) is 16.4 Å². The first-order chi connectivity index (χ1) is 11.6. The van der Waals surface area contributed by atoms with Gasteiger partial charge in [-0.2, -0.15) is 5.06 Å². The van der Waals surface area contributed by atoms with Crippen LogP contribution in [0.3, 0.4) is 0 Å². The molecule has 24 heavy (non-hydrogen) atoms. The molecule has 0 aliphatic heterocycles. The standard InChI is InChI=1S/C17H19N3O4/c1-13-6-5-7-14(12-13)19-16(21)18-10-11-24-17(22)20(23)15-8-3-2-4-9-15/h2-9,12,23H,10-11H2,1H3,(H2,18,19,21). The van der Waals surface area contributed by atoms with Crippen molar-refractivity contribution in [1.82, 2.24) is 5.32 Å². The molecule has 0 heterocycles. The molecule has 0 bridgehead atoms. The van der Waals surface area contributed by atoms with Crippen molar-refractivity contribution in [3.05, 3.63) is 60.2 Å². The van der Waals surface area contributed by atoms with Crippen molar-refractivity contribution in [3.63, 3.8) is 0 Å². The van der Waals surface area contributed by atoms with Crippen molar-refractivity contribution in [2.45, 2.75) is 6.92 Å². The average molecular weight is 329 g/mol. The Morgan fingerprint density at radius 3 is 2.58 bits per heavy atom. The number of urea groups is 1. The Balaban J connectivity index is 1.69. The largest absolute Gasteiger partial charge is 0.446 e. The van der Waals surface area contributed by atoms with Gasteiger partial charge in [-0.1, -0.05) is 30.3 Å². The Bertz CT molecular complexity index is 691. The van der Waals surface area contributed by atoms with E-state index in [4.69, 9.17) is 4.74 Å². The molecule has 3 N–H and O–H groups in total. The van der Waals surface area contributed by atoms with Crippen molar-refractivity contribution in [2.24, 2.45) is 0 Å². The molecule has 2 aromatic rings. The van der Waals surface area contributed by atoms with Crippen LogP contribution in [-0.4, -0.2) is 30.5 Å². The third-order valence-electron chi connectivity index (χ3n) is 3.06. The van der Waals surface area contributed by atoms with Crippen LogP contribution in [0.5, 0.6) is 0 Å². The average Bonchev–Trinajstić information content (AvgIpc) is 2.58. The van der Waals surface area contributed by atoms with Crippen molar-refractivity contribution in [1.29, 1.82) is 0 Å². The molecule has 0 spiro atoms. The molecule has 2 rings (SSSR count). The summed E-state index contributed by atoms with van der Waals surface area (Å²) < 4.78 is 4.87. The highest BCUT2D eigenvalue weighted by atomic mass is 16.6. The minimum absolute atomic E-state index is 0.0655. The van der Waals surface area contributed by atoms with E-state index in [1.165, 1.54) is 0 Å². The molecule has 7 heteroatoms. The Hall–Kier alpha value is -3.06. The summed E-state index contributed by atoms with van der Waals surface area (Å²) in [4.78, 5) is 23.3. The fourth-order valence-electron chi connectivity index (χ4n) is 1.94. The van der Waals surface area contributed by atoms with Gasteiger partial charge < -0.3 is 15.4 Å². The number of para-hydroxylation sites is 1. The maximum Gasteiger partial charge on any atom is 0.438 e. The zero-order valence-corrected chi connectivity index (χ0v) is 13.2. The number of rotatable bonds is 5. The van der Waals surface area contributed by atoms with Crippen molar-refractivity contribution >= 4 is 23.5 Å². The Morgan fingerprint density at radius 2 is 1.88 bits per heavy atom. The zero-order chi connectivity index (χ0) is 17.4. The van der Waals surface area contributed by atoms with Gasteiger partial charge in [0.2, 0.25) is 0 Å². The summed E-state index contributed by atoms with van der Waals surface area (Å²) in [6.07, 6.45) is -0.915. The quantitative estimate of drug-likeness (QED) is 0.446. The first kappa shape index (κ1) is 17.3. The number of ether oxygens (including phenoxy) is 1. The van der Waals surface area contributed by atoms with E-state index in [-0.39, 0.29) is 13.2 Å². The lowest BCUT2D eigenvalue weighted by molar-refractivity contribution is 0.121. The van der Waals surface area contributed by atoms with Crippen LogP contribution in [0.4, 0.5) is 21.0 Å². The van der Waals surface area contributed by atoms with Gasteiger partial charge in [0.05, 0.1) is 12.2 Å². The van der Waals surface area contributed by atoms with Crippen LogP contribution in [0.1, 0.15) is 5.56 Å². The van der Waals surface area contributed by atoms with Crippen LogP contribution < -0.4 is 15.7 Å². The molecular weight excluding hydrogens is 310 g/mol. The molecule has 0 aromatic heterocycles. The molecule has 0 fully saturated rings. The number of anilines is 2. The number of carbonyl (C=O) groups is 2. The number of nitrogens with zero attached hydrogens (tertiary/aromatic N) is 1. The topological polar surface area (TPSA) is 90.9 Å². The van der Waals surface area contributed by atoms with Crippen LogP contribution in [0.2, 0.25) is 0 Å². The monoisotopic (exact) mass is 329 g/mol. The fourth-order valence-corrected chi connectivity index (χ4v) is 1.94. The predicted molar refractivity (Wildman–Crippen MR) is 90.3 cm³/mol. The second-order valence-corrected chi connectivity index (χ2v) is 5.01. The number of hydrogen-bond acceptors (Lipinski definition) is 4. The molecule has 0 aliphatic carbocycles. The van der Waals surface area contributed by atoms with Gasteiger partial charge in [0.1, 0.15) is 6.61 Å². The highest BCUT2D eigenvalue weighted by Crippen LogP contribution is 2.11. The van der Waals surface area contributed by atoms with Gasteiger partial charge >= 0.3 is 12.1 Å². The van der Waals surface area contributed by atoms with Crippen molar-refractivity contribution in [3.8, 4) is 0 Å². The molecule has 126 valence electrons. The Kier molecular flexibility index (Phi) is 6.16. The van der Waals surface area contributed by atoms with E-state index < -0.39 is 12.1 Å². The summed E-state index contributed by atoms with van der Waals surface area (Å²) in [5.41, 5.74) is 2.01. The number of benzene rings is 2. The molecule has 0 radical (unpaired) electrons. The first-order valence-electron chi connectivity index (χ1n) is 7.38. The third-order valence-corrected chi connectivity index (χ3v) is 3.06. The predicted octanol–water partition coefficient (Wildman–Crippen LogP) is 3.15. The maximum atomic E-state index is 11.7. The lowest BCUT2D eigenvalue weighted by atomic mass is 10.2. The van der Waals surface area contributed by atoms with E-state index in [1.54, 1.807) is 36.4 Å². The van der Waals surface area contributed by atoms with E-state index >= 15 is 0 Å². The van der Waals surface area contributed by atoms with Crippen LogP contribution in [-0.2, 0) is 4.74 Å². The number of aryl methyl sites for hydroxylation is 1. The van der Waals surface area contributed by atoms with Gasteiger partial charge in [0.25, 0.3) is 0 Å². The SMILES string of the molecule is Cc1cccc(NC(=O)NCCOC(=O)N(O)c2ccccc2)c1. The maximum absolute atomic E-state index is 11.7. The number of amides is 3. The molecule has 0 saturated heterocycles. The fraction of sp³-hybridized carbons (Fsp3) is 0.176. The number of hydrogen-bond donors (Lipinski definition) is 3. The zero-order valence-electron chi connectivity index (χ0n) is 13.2. The van der Waals surface area contributed by atoms with Gasteiger partial charge in [-0.3, -0.25) is 5.21 Å². The molecular formula is C17H19N3O4. The minimum atomic E-state index is -0.915. The Morgan fingerprint density at radius 1 is 1.12 bits per heavy atom. The van der Waals surface area contributed by atoms with Crippen LogP contribution in [0.25, 0.3) is 0 Å². The van der Waals surface area contributed by atoms with E-state index in [9.17, 15) is 14.8 Å². The molecule has 0 aliphatic rings. The lowest BCUT2D eigenvalue weighted by Gasteiger charge is -2.15. The summed E-state index contributed by atoms with van der Waals surface area (Å²) in [7, 11) is 0. The molecule has 0 saturated carbocycles. The number of carbonyl (C=O) groups excluding carboxylic acids is 2. The first-order valence-corrected chi connectivity index (χ1v) is 7.38. The van der Waals surface area contributed by atoms with Crippen LogP contribution >= 0.6 is 0 Å². The molecule has 3 amide bonds. The number of nitrogens with one attached hydrogen (secondary N) is 2. The van der Waals surface area contributed by atoms with E-state index in [0.717, 1.165) is 5.56 Å². The van der Waals surface area contributed by atoms with E-state index in [1.807, 2.05) is 25.1 Å². The van der Waals surface area contributed by atoms with Gasteiger partial charge in [0.15, 0.2) is 0 Å². The second kappa shape index (κ2) is 8.54. The number of hydroxylamine groups is 1. The summed E-state index contributed by atoms with van der Waals surface area (Å²) in [5.74, 6) is 0. The Labute approximate surface area is 139 Å². The molecule has 0 unspecified atom stereocenters. The smallest absolute Gasteiger partial charge is 0.438 e. The summed E-state index contributed by atoms with van der Waals surface area (Å²) in [6.45, 7) is 1.98. The van der Waals surface area contributed by atoms with Gasteiger partial charge in [-0.05, 0) is 36.8 Å². The summed E-state index contributed by atoms with van der Waals surface area (Å²) >= 11 is 0.